The summed E-state index contributed by atoms with van der Waals surface area (Å²) in [5.74, 6) is 0.612. The third kappa shape index (κ3) is 2.68. The molecule has 15 heavy (non-hydrogen) atoms. The largest absolute Gasteiger partial charge is 0.407 e. The molecule has 5 nitrogen and oxygen atoms in total. The maximum absolute atomic E-state index is 5.37. The van der Waals surface area contributed by atoms with E-state index in [0.717, 1.165) is 0 Å². The van der Waals surface area contributed by atoms with Gasteiger partial charge in [-0.1, -0.05) is 24.4 Å². The fraction of sp³-hybridized carbons (Fsp3) is 0.800. The molecule has 1 aromatic heterocycles. The maximum Gasteiger partial charge on any atom is 0.312 e. The van der Waals surface area contributed by atoms with E-state index in [-0.39, 0.29) is 6.01 Å². The van der Waals surface area contributed by atoms with Crippen molar-refractivity contribution >= 4 is 6.01 Å². The predicted molar refractivity (Wildman–Crippen MR) is 57.1 cm³/mol. The highest BCUT2D eigenvalue weighted by Gasteiger charge is 2.19. The average molecular weight is 210 g/mol. The molecule has 1 aliphatic rings. The topological polar surface area (TPSA) is 68.2 Å². The van der Waals surface area contributed by atoms with E-state index in [4.69, 9.17) is 10.2 Å². The number of rotatable bonds is 3. The Kier molecular flexibility index (Phi) is 3.20. The first kappa shape index (κ1) is 10.4. The van der Waals surface area contributed by atoms with Gasteiger partial charge in [-0.3, -0.25) is 4.90 Å². The molecule has 0 aromatic carbocycles. The molecule has 0 aliphatic heterocycles. The van der Waals surface area contributed by atoms with E-state index in [1.807, 2.05) is 0 Å². The third-order valence-corrected chi connectivity index (χ3v) is 3.07. The lowest BCUT2D eigenvalue weighted by molar-refractivity contribution is 0.171. The quantitative estimate of drug-likeness (QED) is 0.817. The van der Waals surface area contributed by atoms with Crippen molar-refractivity contribution in [2.45, 2.75) is 44.7 Å². The molecule has 1 heterocycles. The maximum atomic E-state index is 5.37. The number of nitrogens with two attached hydrogens (primary N) is 1. The summed E-state index contributed by atoms with van der Waals surface area (Å²) >= 11 is 0. The molecule has 0 bridgehead atoms. The molecule has 84 valence electrons. The van der Waals surface area contributed by atoms with Gasteiger partial charge in [0.1, 0.15) is 0 Å². The Hall–Kier alpha value is -1.10. The van der Waals surface area contributed by atoms with Crippen LogP contribution in [-0.2, 0) is 6.54 Å². The number of hydrogen-bond donors (Lipinski definition) is 1. The minimum Gasteiger partial charge on any atom is -0.407 e. The van der Waals surface area contributed by atoms with Crippen LogP contribution < -0.4 is 5.73 Å². The molecule has 1 fully saturated rings. The van der Waals surface area contributed by atoms with Gasteiger partial charge in [-0.25, -0.2) is 0 Å². The van der Waals surface area contributed by atoms with Crippen LogP contribution in [0, 0.1) is 0 Å². The Labute approximate surface area is 89.6 Å². The Morgan fingerprint density at radius 3 is 2.67 bits per heavy atom. The van der Waals surface area contributed by atoms with Crippen LogP contribution in [0.3, 0.4) is 0 Å². The van der Waals surface area contributed by atoms with E-state index in [1.165, 1.54) is 32.1 Å². The van der Waals surface area contributed by atoms with Crippen LogP contribution >= 0.6 is 0 Å². The summed E-state index contributed by atoms with van der Waals surface area (Å²) in [6, 6.07) is 0.814. The molecular weight excluding hydrogens is 192 g/mol. The van der Waals surface area contributed by atoms with Gasteiger partial charge in [0.2, 0.25) is 5.89 Å². The molecule has 0 spiro atoms. The van der Waals surface area contributed by atoms with Crippen LogP contribution in [0.15, 0.2) is 4.42 Å². The highest BCUT2D eigenvalue weighted by atomic mass is 16.4. The minimum absolute atomic E-state index is 0.155. The second-order valence-corrected chi connectivity index (χ2v) is 4.24. The molecule has 2 N–H and O–H groups in total. The van der Waals surface area contributed by atoms with Crippen LogP contribution in [0.5, 0.6) is 0 Å². The van der Waals surface area contributed by atoms with Crippen molar-refractivity contribution in [3.63, 3.8) is 0 Å². The van der Waals surface area contributed by atoms with Gasteiger partial charge >= 0.3 is 6.01 Å². The van der Waals surface area contributed by atoms with Crippen molar-refractivity contribution in [1.29, 1.82) is 0 Å². The highest BCUT2D eigenvalue weighted by molar-refractivity contribution is 5.04. The van der Waals surface area contributed by atoms with E-state index in [9.17, 15) is 0 Å². The fourth-order valence-corrected chi connectivity index (χ4v) is 2.19. The number of anilines is 1. The van der Waals surface area contributed by atoms with Crippen LogP contribution in [0.25, 0.3) is 0 Å². The van der Waals surface area contributed by atoms with Gasteiger partial charge in [0, 0.05) is 6.04 Å². The van der Waals surface area contributed by atoms with E-state index >= 15 is 0 Å². The molecule has 0 unspecified atom stereocenters. The van der Waals surface area contributed by atoms with E-state index in [0.29, 0.717) is 18.5 Å². The van der Waals surface area contributed by atoms with Crippen LogP contribution in [0.1, 0.15) is 38.0 Å². The number of nitrogens with zero attached hydrogens (tertiary/aromatic N) is 3. The molecule has 0 amide bonds. The SMILES string of the molecule is CN(Cc1nnc(N)o1)C1CCCCC1. The summed E-state index contributed by atoms with van der Waals surface area (Å²) in [4.78, 5) is 2.28. The standard InChI is InChI=1S/C10H18N4O/c1-14(8-5-3-2-4-6-8)7-9-12-13-10(11)15-9/h8H,2-7H2,1H3,(H2,11,13). The molecule has 0 radical (unpaired) electrons. The molecule has 2 rings (SSSR count). The van der Waals surface area contributed by atoms with Gasteiger partial charge < -0.3 is 10.2 Å². The Balaban J connectivity index is 1.88. The zero-order chi connectivity index (χ0) is 10.7. The van der Waals surface area contributed by atoms with Crippen LogP contribution in [0.2, 0.25) is 0 Å². The lowest BCUT2D eigenvalue weighted by Crippen LogP contribution is -2.32. The van der Waals surface area contributed by atoms with Crippen molar-refractivity contribution in [2.24, 2.45) is 0 Å². The smallest absolute Gasteiger partial charge is 0.312 e. The molecular formula is C10H18N4O. The second-order valence-electron chi connectivity index (χ2n) is 4.24. The van der Waals surface area contributed by atoms with Gasteiger partial charge in [-0.05, 0) is 19.9 Å². The van der Waals surface area contributed by atoms with Crippen molar-refractivity contribution in [2.75, 3.05) is 12.8 Å². The normalized spacial score (nSPS) is 18.5. The van der Waals surface area contributed by atoms with Gasteiger partial charge in [0.15, 0.2) is 0 Å². The monoisotopic (exact) mass is 210 g/mol. The molecule has 1 aliphatic carbocycles. The average Bonchev–Trinajstić information content (AvgIpc) is 2.65. The lowest BCUT2D eigenvalue weighted by atomic mass is 9.94. The number of hydrogen-bond acceptors (Lipinski definition) is 5. The zero-order valence-electron chi connectivity index (χ0n) is 9.15. The number of aromatic nitrogens is 2. The third-order valence-electron chi connectivity index (χ3n) is 3.07. The van der Waals surface area contributed by atoms with E-state index < -0.39 is 0 Å². The molecule has 5 heteroatoms. The summed E-state index contributed by atoms with van der Waals surface area (Å²) in [6.45, 7) is 0.703. The fourth-order valence-electron chi connectivity index (χ4n) is 2.19. The van der Waals surface area contributed by atoms with Crippen LogP contribution in [-0.4, -0.2) is 28.2 Å². The van der Waals surface area contributed by atoms with Crippen molar-refractivity contribution in [3.05, 3.63) is 5.89 Å². The Morgan fingerprint density at radius 1 is 1.33 bits per heavy atom. The second kappa shape index (κ2) is 4.61. The van der Waals surface area contributed by atoms with Gasteiger partial charge in [0.25, 0.3) is 0 Å². The highest BCUT2D eigenvalue weighted by Crippen LogP contribution is 2.22. The zero-order valence-corrected chi connectivity index (χ0v) is 9.15. The summed E-state index contributed by atoms with van der Waals surface area (Å²) in [5, 5.41) is 7.52. The minimum atomic E-state index is 0.155. The van der Waals surface area contributed by atoms with Crippen LogP contribution in [0.4, 0.5) is 6.01 Å². The summed E-state index contributed by atoms with van der Waals surface area (Å²) in [5.41, 5.74) is 5.37. The van der Waals surface area contributed by atoms with E-state index in [2.05, 4.69) is 22.1 Å². The van der Waals surface area contributed by atoms with Crippen molar-refractivity contribution < 1.29 is 4.42 Å². The molecule has 0 saturated heterocycles. The lowest BCUT2D eigenvalue weighted by Gasteiger charge is -2.29. The Morgan fingerprint density at radius 2 is 2.07 bits per heavy atom. The first-order valence-corrected chi connectivity index (χ1v) is 5.54. The van der Waals surface area contributed by atoms with E-state index in [1.54, 1.807) is 0 Å². The molecule has 1 saturated carbocycles. The van der Waals surface area contributed by atoms with Crippen molar-refractivity contribution in [1.82, 2.24) is 15.1 Å². The summed E-state index contributed by atoms with van der Waals surface area (Å²) in [6.07, 6.45) is 6.60. The predicted octanol–water partition coefficient (Wildman–Crippen LogP) is 1.42. The van der Waals surface area contributed by atoms with Gasteiger partial charge in [-0.15, -0.1) is 5.10 Å². The first-order chi connectivity index (χ1) is 7.25. The van der Waals surface area contributed by atoms with Gasteiger partial charge in [-0.2, -0.15) is 0 Å². The summed E-state index contributed by atoms with van der Waals surface area (Å²) in [7, 11) is 2.11. The van der Waals surface area contributed by atoms with Gasteiger partial charge in [0.05, 0.1) is 6.54 Å². The van der Waals surface area contributed by atoms with Crippen molar-refractivity contribution in [3.8, 4) is 0 Å². The molecule has 0 atom stereocenters. The number of nitrogen functional groups attached to an aromatic ring is 1. The first-order valence-electron chi connectivity index (χ1n) is 5.54. The Bertz CT molecular complexity index is 306. The summed E-state index contributed by atoms with van der Waals surface area (Å²) < 4.78 is 5.16. The molecule has 1 aromatic rings.